The first-order chi connectivity index (χ1) is 19.7. The van der Waals surface area contributed by atoms with Gasteiger partial charge in [-0.15, -0.1) is 11.3 Å². The predicted octanol–water partition coefficient (Wildman–Crippen LogP) is 6.79. The van der Waals surface area contributed by atoms with Crippen molar-refractivity contribution >= 4 is 39.7 Å². The van der Waals surface area contributed by atoms with Crippen LogP contribution in [0.15, 0.2) is 58.9 Å². The predicted molar refractivity (Wildman–Crippen MR) is 158 cm³/mol. The molecule has 0 bridgehead atoms. The molecule has 1 aliphatic rings. The Labute approximate surface area is 246 Å². The molecule has 3 N–H and O–H groups in total. The molecule has 5 rings (SSSR count). The number of thioether (sulfide) groups is 1. The summed E-state index contributed by atoms with van der Waals surface area (Å²) in [6.45, 7) is 4.40. The number of thiazole rings is 1. The van der Waals surface area contributed by atoms with Crippen LogP contribution in [0.25, 0.3) is 11.1 Å². The number of nitrogens with two attached hydrogens (primary N) is 1. The van der Waals surface area contributed by atoms with E-state index in [0.29, 0.717) is 39.3 Å². The molecule has 1 saturated heterocycles. The Bertz CT molecular complexity index is 1640. The molecule has 1 aliphatic heterocycles. The lowest BCUT2D eigenvalue weighted by Crippen LogP contribution is -2.21. The van der Waals surface area contributed by atoms with Crippen LogP contribution in [0.3, 0.4) is 0 Å². The van der Waals surface area contributed by atoms with Crippen LogP contribution < -0.4 is 11.1 Å². The third kappa shape index (κ3) is 6.84. The molecule has 1 atom stereocenters. The second-order valence-corrected chi connectivity index (χ2v) is 11.7. The first-order valence-electron chi connectivity index (χ1n) is 12.9. The van der Waals surface area contributed by atoms with E-state index in [9.17, 15) is 14.9 Å². The van der Waals surface area contributed by atoms with Gasteiger partial charge in [0, 0.05) is 22.4 Å². The van der Waals surface area contributed by atoms with Crippen molar-refractivity contribution in [2.24, 2.45) is 0 Å². The van der Waals surface area contributed by atoms with Gasteiger partial charge in [0.1, 0.15) is 34.4 Å². The zero-order chi connectivity index (χ0) is 29.0. The maximum Gasteiger partial charge on any atom is 0.187 e. The number of nitrogens with zero attached hydrogens (tertiary/aromatic N) is 4. The number of ether oxygens (including phenoxy) is 2. The molecule has 0 saturated carbocycles. The minimum Gasteiger partial charge on any atom is -0.383 e. The van der Waals surface area contributed by atoms with Crippen molar-refractivity contribution in [2.45, 2.75) is 49.4 Å². The summed E-state index contributed by atoms with van der Waals surface area (Å²) < 4.78 is 25.0. The summed E-state index contributed by atoms with van der Waals surface area (Å²) in [6.07, 6.45) is 1.68. The molecule has 0 radical (unpaired) electrons. The van der Waals surface area contributed by atoms with Crippen LogP contribution in [0.5, 0.6) is 0 Å². The lowest BCUT2D eigenvalue weighted by molar-refractivity contribution is -0.138. The lowest BCUT2D eigenvalue weighted by Gasteiger charge is -2.17. The van der Waals surface area contributed by atoms with Gasteiger partial charge in [-0.2, -0.15) is 10.5 Å². The Hall–Kier alpha value is -4.00. The second kappa shape index (κ2) is 12.2. The first-order valence-corrected chi connectivity index (χ1v) is 14.8. The fourth-order valence-corrected chi connectivity index (χ4v) is 6.25. The van der Waals surface area contributed by atoms with E-state index >= 15 is 0 Å². The van der Waals surface area contributed by atoms with Crippen molar-refractivity contribution < 1.29 is 13.9 Å². The number of pyridine rings is 1. The van der Waals surface area contributed by atoms with E-state index in [2.05, 4.69) is 27.4 Å². The van der Waals surface area contributed by atoms with Gasteiger partial charge in [0.2, 0.25) is 0 Å². The summed E-state index contributed by atoms with van der Waals surface area (Å²) in [5, 5.41) is 26.0. The summed E-state index contributed by atoms with van der Waals surface area (Å²) in [5.41, 5.74) is 10.3. The number of hydrogen-bond acceptors (Lipinski definition) is 10. The molecule has 208 valence electrons. The molecular formula is C30H27FN6O2S2. The smallest absolute Gasteiger partial charge is 0.187 e. The highest BCUT2D eigenvalue weighted by atomic mass is 32.2. The Balaban J connectivity index is 1.32. The molecular weight excluding hydrogens is 560 g/mol. The fraction of sp³-hybridized carbons (Fsp3) is 0.267. The van der Waals surface area contributed by atoms with Gasteiger partial charge in [-0.3, -0.25) is 0 Å². The van der Waals surface area contributed by atoms with Crippen LogP contribution in [0.4, 0.5) is 21.0 Å². The number of aryl methyl sites for hydroxylation is 1. The van der Waals surface area contributed by atoms with Crippen molar-refractivity contribution in [1.82, 2.24) is 9.97 Å². The van der Waals surface area contributed by atoms with Crippen molar-refractivity contribution in [1.29, 1.82) is 10.5 Å². The zero-order valence-corrected chi connectivity index (χ0v) is 24.1. The maximum atomic E-state index is 13.5. The lowest BCUT2D eigenvalue weighted by atomic mass is 9.95. The standard InChI is InChI=1S/C30H27FN6O2S2/c1-30(2)38-15-23(39-30)11-8-18-6-9-19(10-7-18)26-24(13-32)27(34)37-28(25(26)14-33)40-16-22-17-41-29(36-22)35-21-5-3-4-20(31)12-21/h3-7,9-10,12,17,23H,8,11,15-16H2,1-2H3,(H2,34,37)(H,35,36). The normalized spacial score (nSPS) is 15.8. The van der Waals surface area contributed by atoms with Crippen molar-refractivity contribution in [3.05, 3.63) is 82.1 Å². The summed E-state index contributed by atoms with van der Waals surface area (Å²) in [4.78, 5) is 8.95. The minimum atomic E-state index is -0.547. The van der Waals surface area contributed by atoms with Gasteiger partial charge in [-0.05, 0) is 56.0 Å². The van der Waals surface area contributed by atoms with Crippen LogP contribution in [-0.2, 0) is 21.6 Å². The topological polar surface area (TPSA) is 130 Å². The van der Waals surface area contributed by atoms with Crippen LogP contribution >= 0.6 is 23.1 Å². The number of rotatable bonds is 9. The maximum absolute atomic E-state index is 13.5. The van der Waals surface area contributed by atoms with Crippen molar-refractivity contribution in [2.75, 3.05) is 17.7 Å². The fourth-order valence-electron chi connectivity index (χ4n) is 4.52. The molecule has 0 aliphatic carbocycles. The number of nitriles is 2. The Morgan fingerprint density at radius 1 is 1.15 bits per heavy atom. The van der Waals surface area contributed by atoms with E-state index in [1.165, 1.54) is 35.2 Å². The molecule has 41 heavy (non-hydrogen) atoms. The summed E-state index contributed by atoms with van der Waals surface area (Å²) in [6, 6.07) is 18.3. The van der Waals surface area contributed by atoms with Gasteiger partial charge in [0.05, 0.1) is 24.0 Å². The highest BCUT2D eigenvalue weighted by molar-refractivity contribution is 7.98. The third-order valence-corrected chi connectivity index (χ3v) is 8.28. The molecule has 1 unspecified atom stereocenters. The van der Waals surface area contributed by atoms with E-state index in [0.717, 1.165) is 29.7 Å². The number of nitrogen functional groups attached to an aromatic ring is 1. The van der Waals surface area contributed by atoms with Gasteiger partial charge in [-0.1, -0.05) is 42.1 Å². The number of benzene rings is 2. The minimum absolute atomic E-state index is 0.0468. The Morgan fingerprint density at radius 3 is 2.61 bits per heavy atom. The largest absolute Gasteiger partial charge is 0.383 e. The van der Waals surface area contributed by atoms with Crippen molar-refractivity contribution in [3.8, 4) is 23.3 Å². The summed E-state index contributed by atoms with van der Waals surface area (Å²) in [5.74, 6) is -0.384. The number of aromatic nitrogens is 2. The number of halogens is 1. The van der Waals surface area contributed by atoms with Gasteiger partial charge in [0.15, 0.2) is 10.9 Å². The van der Waals surface area contributed by atoms with Crippen molar-refractivity contribution in [3.63, 3.8) is 0 Å². The molecule has 3 heterocycles. The molecule has 2 aromatic heterocycles. The SMILES string of the molecule is CC1(C)OCC(CCc2ccc(-c3c(C#N)c(N)nc(SCc4csc(Nc5cccc(F)c5)n4)c3C#N)cc2)O1. The molecule has 11 heteroatoms. The van der Waals surface area contributed by atoms with E-state index in [-0.39, 0.29) is 23.3 Å². The van der Waals surface area contributed by atoms with Crippen LogP contribution in [0.1, 0.15) is 42.7 Å². The number of hydrogen-bond donors (Lipinski definition) is 2. The van der Waals surface area contributed by atoms with Crippen LogP contribution in [-0.4, -0.2) is 28.5 Å². The van der Waals surface area contributed by atoms with Gasteiger partial charge in [-0.25, -0.2) is 14.4 Å². The molecule has 8 nitrogen and oxygen atoms in total. The first kappa shape index (κ1) is 28.5. The van der Waals surface area contributed by atoms with E-state index in [4.69, 9.17) is 15.2 Å². The summed E-state index contributed by atoms with van der Waals surface area (Å²) >= 11 is 2.71. The highest BCUT2D eigenvalue weighted by Gasteiger charge is 2.32. The quantitative estimate of drug-likeness (QED) is 0.204. The Kier molecular flexibility index (Phi) is 8.52. The van der Waals surface area contributed by atoms with E-state index in [1.807, 2.05) is 43.5 Å². The third-order valence-electron chi connectivity index (χ3n) is 6.46. The number of anilines is 3. The monoisotopic (exact) mass is 586 g/mol. The average Bonchev–Trinajstić information content (AvgIpc) is 3.55. The van der Waals surface area contributed by atoms with Crippen LogP contribution in [0, 0.1) is 28.5 Å². The van der Waals surface area contributed by atoms with Gasteiger partial charge >= 0.3 is 0 Å². The van der Waals surface area contributed by atoms with Gasteiger partial charge < -0.3 is 20.5 Å². The zero-order valence-electron chi connectivity index (χ0n) is 22.5. The molecule has 1 fully saturated rings. The molecule has 4 aromatic rings. The molecule has 0 spiro atoms. The highest BCUT2D eigenvalue weighted by Crippen LogP contribution is 2.37. The molecule has 0 amide bonds. The molecule has 2 aromatic carbocycles. The number of nitrogens with one attached hydrogen (secondary N) is 1. The second-order valence-electron chi connectivity index (χ2n) is 9.91. The summed E-state index contributed by atoms with van der Waals surface area (Å²) in [7, 11) is 0. The van der Waals surface area contributed by atoms with Gasteiger partial charge in [0.25, 0.3) is 0 Å². The van der Waals surface area contributed by atoms with E-state index in [1.54, 1.807) is 12.1 Å². The van der Waals surface area contributed by atoms with Crippen LogP contribution in [0.2, 0.25) is 0 Å². The average molecular weight is 587 g/mol. The Morgan fingerprint density at radius 2 is 1.93 bits per heavy atom. The van der Waals surface area contributed by atoms with E-state index < -0.39 is 5.79 Å².